The van der Waals surface area contributed by atoms with Gasteiger partial charge in [0.05, 0.1) is 12.9 Å². The van der Waals surface area contributed by atoms with E-state index < -0.39 is 6.04 Å². The molecule has 168 valence electrons. The number of ether oxygens (including phenoxy) is 1. The van der Waals surface area contributed by atoms with Gasteiger partial charge in [0.1, 0.15) is 11.8 Å². The lowest BCUT2D eigenvalue weighted by atomic mass is 10.1. The van der Waals surface area contributed by atoms with Crippen LogP contribution in [0, 0.1) is 0 Å². The topological polar surface area (TPSA) is 58.6 Å². The van der Waals surface area contributed by atoms with Crippen molar-refractivity contribution in [3.8, 4) is 5.75 Å². The molecule has 0 fully saturated rings. The summed E-state index contributed by atoms with van der Waals surface area (Å²) in [5.74, 6) is 1.53. The Bertz CT molecular complexity index is 860. The highest BCUT2D eigenvalue weighted by atomic mass is 35.5. The number of hydrogen-bond acceptors (Lipinski definition) is 4. The molecule has 7 heteroatoms. The molecule has 0 aromatic heterocycles. The van der Waals surface area contributed by atoms with Crippen molar-refractivity contribution in [2.75, 3.05) is 12.9 Å². The molecule has 0 radical (unpaired) electrons. The molecule has 2 aromatic rings. The van der Waals surface area contributed by atoms with Gasteiger partial charge in [-0.25, -0.2) is 0 Å². The molecule has 2 amide bonds. The standard InChI is InChI=1S/C24H31ClN2O3S/c1-5-17(2)26-24(29)18(3)27(14-20-8-6-7-9-22(20)25)23(28)16-31-15-19-10-12-21(30-4)13-11-19/h6-13,17-18H,5,14-16H2,1-4H3,(H,26,29). The van der Waals surface area contributed by atoms with Crippen molar-refractivity contribution in [2.24, 2.45) is 0 Å². The first-order chi connectivity index (χ1) is 14.8. The van der Waals surface area contributed by atoms with Crippen LogP contribution in [0.2, 0.25) is 5.02 Å². The summed E-state index contributed by atoms with van der Waals surface area (Å²) in [4.78, 5) is 27.5. The molecule has 0 heterocycles. The number of nitrogens with zero attached hydrogens (tertiary/aromatic N) is 1. The van der Waals surface area contributed by atoms with Crippen LogP contribution < -0.4 is 10.1 Å². The summed E-state index contributed by atoms with van der Waals surface area (Å²) in [7, 11) is 1.63. The fraction of sp³-hybridized carbons (Fsp3) is 0.417. The van der Waals surface area contributed by atoms with Crippen molar-refractivity contribution in [3.05, 3.63) is 64.7 Å². The van der Waals surface area contributed by atoms with Gasteiger partial charge >= 0.3 is 0 Å². The lowest BCUT2D eigenvalue weighted by Gasteiger charge is -2.30. The monoisotopic (exact) mass is 462 g/mol. The quantitative estimate of drug-likeness (QED) is 0.515. The van der Waals surface area contributed by atoms with E-state index in [0.29, 0.717) is 10.8 Å². The van der Waals surface area contributed by atoms with Crippen molar-refractivity contribution in [1.82, 2.24) is 10.2 Å². The molecule has 1 N–H and O–H groups in total. The number of carbonyl (C=O) groups excluding carboxylic acids is 2. The zero-order valence-electron chi connectivity index (χ0n) is 18.6. The second-order valence-electron chi connectivity index (χ2n) is 7.45. The lowest BCUT2D eigenvalue weighted by Crippen LogP contribution is -2.50. The first kappa shape index (κ1) is 25.1. The molecule has 31 heavy (non-hydrogen) atoms. The van der Waals surface area contributed by atoms with Crippen molar-refractivity contribution in [1.29, 1.82) is 0 Å². The molecule has 2 unspecified atom stereocenters. The van der Waals surface area contributed by atoms with Gasteiger partial charge in [0, 0.05) is 23.4 Å². The van der Waals surface area contributed by atoms with Gasteiger partial charge in [-0.1, -0.05) is 48.9 Å². The van der Waals surface area contributed by atoms with E-state index in [1.807, 2.05) is 56.3 Å². The first-order valence-corrected chi connectivity index (χ1v) is 11.9. The Morgan fingerprint density at radius 3 is 2.42 bits per heavy atom. The van der Waals surface area contributed by atoms with Gasteiger partial charge < -0.3 is 15.0 Å². The minimum absolute atomic E-state index is 0.0525. The molecule has 0 bridgehead atoms. The number of carbonyl (C=O) groups is 2. The lowest BCUT2D eigenvalue weighted by molar-refractivity contribution is -0.138. The number of amides is 2. The van der Waals surface area contributed by atoms with Gasteiger partial charge in [0.2, 0.25) is 11.8 Å². The fourth-order valence-corrected chi connectivity index (χ4v) is 3.99. The maximum atomic E-state index is 13.1. The predicted octanol–water partition coefficient (Wildman–Crippen LogP) is 4.91. The van der Waals surface area contributed by atoms with Crippen molar-refractivity contribution < 1.29 is 14.3 Å². The number of thioether (sulfide) groups is 1. The molecule has 0 aliphatic heterocycles. The zero-order valence-corrected chi connectivity index (χ0v) is 20.1. The van der Waals surface area contributed by atoms with Gasteiger partial charge in [0.15, 0.2) is 0 Å². The summed E-state index contributed by atoms with van der Waals surface area (Å²) in [5, 5.41) is 3.56. The van der Waals surface area contributed by atoms with E-state index in [1.54, 1.807) is 25.0 Å². The zero-order chi connectivity index (χ0) is 22.8. The average Bonchev–Trinajstić information content (AvgIpc) is 2.78. The van der Waals surface area contributed by atoms with E-state index in [-0.39, 0.29) is 30.2 Å². The van der Waals surface area contributed by atoms with Crippen molar-refractivity contribution in [2.45, 2.75) is 51.6 Å². The molecule has 0 aliphatic rings. The molecule has 0 saturated carbocycles. The average molecular weight is 463 g/mol. The van der Waals surface area contributed by atoms with Crippen LogP contribution in [0.4, 0.5) is 0 Å². The van der Waals surface area contributed by atoms with Gasteiger partial charge in [-0.15, -0.1) is 11.8 Å². The molecular formula is C24H31ClN2O3S. The van der Waals surface area contributed by atoms with Crippen LogP contribution in [0.1, 0.15) is 38.3 Å². The van der Waals surface area contributed by atoms with E-state index in [1.165, 1.54) is 11.8 Å². The highest BCUT2D eigenvalue weighted by molar-refractivity contribution is 7.99. The maximum absolute atomic E-state index is 13.1. The number of hydrogen-bond donors (Lipinski definition) is 1. The Morgan fingerprint density at radius 1 is 1.13 bits per heavy atom. The van der Waals surface area contributed by atoms with E-state index in [4.69, 9.17) is 16.3 Å². The number of methoxy groups -OCH3 is 1. The first-order valence-electron chi connectivity index (χ1n) is 10.4. The van der Waals surface area contributed by atoms with Crippen LogP contribution in [0.25, 0.3) is 0 Å². The van der Waals surface area contributed by atoms with E-state index >= 15 is 0 Å². The number of halogens is 1. The molecule has 0 aliphatic carbocycles. The predicted molar refractivity (Wildman–Crippen MR) is 129 cm³/mol. The Hall–Kier alpha value is -2.18. The van der Waals surface area contributed by atoms with Crippen LogP contribution in [-0.4, -0.2) is 41.7 Å². The third kappa shape index (κ3) is 7.78. The second kappa shape index (κ2) is 12.6. The van der Waals surface area contributed by atoms with E-state index in [2.05, 4.69) is 5.32 Å². The molecule has 0 saturated heterocycles. The Labute approximate surface area is 194 Å². The summed E-state index contributed by atoms with van der Waals surface area (Å²) in [6.45, 7) is 6.02. The molecule has 5 nitrogen and oxygen atoms in total. The minimum Gasteiger partial charge on any atom is -0.497 e. The van der Waals surface area contributed by atoms with Gasteiger partial charge in [-0.2, -0.15) is 0 Å². The Morgan fingerprint density at radius 2 is 1.81 bits per heavy atom. The number of nitrogens with one attached hydrogen (secondary N) is 1. The molecule has 2 rings (SSSR count). The summed E-state index contributed by atoms with van der Waals surface area (Å²) in [6.07, 6.45) is 0.828. The fourth-order valence-electron chi connectivity index (χ4n) is 2.92. The number of rotatable bonds is 11. The van der Waals surface area contributed by atoms with E-state index in [0.717, 1.165) is 23.3 Å². The van der Waals surface area contributed by atoms with Crippen LogP contribution >= 0.6 is 23.4 Å². The summed E-state index contributed by atoms with van der Waals surface area (Å²) in [6, 6.07) is 14.6. The van der Waals surface area contributed by atoms with Gasteiger partial charge in [-0.3, -0.25) is 9.59 Å². The summed E-state index contributed by atoms with van der Waals surface area (Å²) in [5.41, 5.74) is 1.93. The summed E-state index contributed by atoms with van der Waals surface area (Å²) < 4.78 is 5.18. The summed E-state index contributed by atoms with van der Waals surface area (Å²) >= 11 is 7.84. The smallest absolute Gasteiger partial charge is 0.242 e. The SMILES string of the molecule is CCC(C)NC(=O)C(C)N(Cc1ccccc1Cl)C(=O)CSCc1ccc(OC)cc1. The van der Waals surface area contributed by atoms with Crippen LogP contribution in [0.15, 0.2) is 48.5 Å². The van der Waals surface area contributed by atoms with Gasteiger partial charge in [-0.05, 0) is 49.6 Å². The molecule has 2 aromatic carbocycles. The van der Waals surface area contributed by atoms with Crippen LogP contribution in [0.3, 0.4) is 0 Å². The van der Waals surface area contributed by atoms with E-state index in [9.17, 15) is 9.59 Å². The van der Waals surface area contributed by atoms with Crippen molar-refractivity contribution >= 4 is 35.2 Å². The third-order valence-electron chi connectivity index (χ3n) is 5.12. The highest BCUT2D eigenvalue weighted by Crippen LogP contribution is 2.21. The Kier molecular flexibility index (Phi) is 10.2. The highest BCUT2D eigenvalue weighted by Gasteiger charge is 2.27. The van der Waals surface area contributed by atoms with Gasteiger partial charge in [0.25, 0.3) is 0 Å². The second-order valence-corrected chi connectivity index (χ2v) is 8.84. The largest absolute Gasteiger partial charge is 0.497 e. The minimum atomic E-state index is -0.598. The van der Waals surface area contributed by atoms with Crippen molar-refractivity contribution in [3.63, 3.8) is 0 Å². The Balaban J connectivity index is 2.07. The number of benzene rings is 2. The molecular weight excluding hydrogens is 432 g/mol. The molecule has 0 spiro atoms. The molecule has 2 atom stereocenters. The van der Waals surface area contributed by atoms with Crippen LogP contribution in [0.5, 0.6) is 5.75 Å². The third-order valence-corrected chi connectivity index (χ3v) is 6.48. The maximum Gasteiger partial charge on any atom is 0.242 e. The normalized spacial score (nSPS) is 12.7. The van der Waals surface area contributed by atoms with Crippen LogP contribution in [-0.2, 0) is 21.9 Å².